The molecule has 0 saturated carbocycles. The van der Waals surface area contributed by atoms with Crippen molar-refractivity contribution < 1.29 is 22.3 Å². The molecule has 13 heavy (non-hydrogen) atoms. The molecule has 0 aromatic carbocycles. The van der Waals surface area contributed by atoms with Crippen molar-refractivity contribution in [1.82, 2.24) is 0 Å². The molecule has 0 spiro atoms. The summed E-state index contributed by atoms with van der Waals surface area (Å²) in [7, 11) is -4.43. The van der Waals surface area contributed by atoms with Crippen LogP contribution in [0.5, 0.6) is 0 Å². The number of hydrogen-bond donors (Lipinski definition) is 2. The molecule has 2 N–H and O–H groups in total. The van der Waals surface area contributed by atoms with Crippen molar-refractivity contribution in [3.63, 3.8) is 0 Å². The summed E-state index contributed by atoms with van der Waals surface area (Å²) >= 11 is 0. The molecule has 0 fully saturated rings. The fraction of sp³-hybridized carbons (Fsp3) is 0.667. The Kier molecular flexibility index (Phi) is 9.77. The van der Waals surface area contributed by atoms with Gasteiger partial charge in [-0.25, -0.2) is 4.18 Å². The molecular weight excluding hydrogens is 207 g/mol. The second-order valence-electron chi connectivity index (χ2n) is 2.23. The van der Waals surface area contributed by atoms with Gasteiger partial charge in [-0.05, 0) is 12.8 Å². The van der Waals surface area contributed by atoms with Crippen LogP contribution in [0, 0.1) is 0 Å². The molecule has 0 aliphatic carbocycles. The summed E-state index contributed by atoms with van der Waals surface area (Å²) in [4.78, 5) is 0. The van der Waals surface area contributed by atoms with E-state index in [1.165, 1.54) is 0 Å². The van der Waals surface area contributed by atoms with Gasteiger partial charge in [0.15, 0.2) is 0 Å². The van der Waals surface area contributed by atoms with Crippen LogP contribution in [-0.2, 0) is 14.6 Å². The first-order valence-corrected chi connectivity index (χ1v) is 4.73. The number of rotatable bonds is 6. The number of aliphatic hydroxyl groups is 1. The first-order chi connectivity index (χ1) is 5.45. The number of hydrogen-bond acceptors (Lipinski definition) is 4. The van der Waals surface area contributed by atoms with Crippen molar-refractivity contribution in [1.29, 1.82) is 0 Å². The van der Waals surface area contributed by atoms with E-state index in [1.807, 2.05) is 0 Å². The molecule has 0 radical (unpaired) electrons. The van der Waals surface area contributed by atoms with Gasteiger partial charge in [0, 0.05) is 0 Å². The second kappa shape index (κ2) is 7.93. The third-order valence-electron chi connectivity index (χ3n) is 1.11. The van der Waals surface area contributed by atoms with Gasteiger partial charge in [0.25, 0.3) is 0 Å². The van der Waals surface area contributed by atoms with Crippen LogP contribution < -0.4 is 0 Å². The van der Waals surface area contributed by atoms with Gasteiger partial charge in [-0.15, -0.1) is 6.58 Å². The second-order valence-corrected chi connectivity index (χ2v) is 3.32. The summed E-state index contributed by atoms with van der Waals surface area (Å²) in [5.74, 6) is 0. The van der Waals surface area contributed by atoms with E-state index in [0.29, 0.717) is 12.8 Å². The molecule has 7 heteroatoms. The molecule has 0 heterocycles. The van der Waals surface area contributed by atoms with Crippen LogP contribution in [0.1, 0.15) is 12.8 Å². The van der Waals surface area contributed by atoms with Crippen molar-refractivity contribution in [2.45, 2.75) is 18.9 Å². The van der Waals surface area contributed by atoms with Crippen molar-refractivity contribution in [2.75, 3.05) is 6.61 Å². The van der Waals surface area contributed by atoms with E-state index < -0.39 is 23.1 Å². The van der Waals surface area contributed by atoms with E-state index in [2.05, 4.69) is 10.8 Å². The SMILES string of the molecule is C=CCCC(O)COS(=O)(=O)O.[NaH]. The summed E-state index contributed by atoms with van der Waals surface area (Å²) in [5.41, 5.74) is 0. The zero-order valence-corrected chi connectivity index (χ0v) is 7.33. The fourth-order valence-electron chi connectivity index (χ4n) is 0.558. The summed E-state index contributed by atoms with van der Waals surface area (Å²) < 4.78 is 32.1. The van der Waals surface area contributed by atoms with Crippen LogP contribution in [0.3, 0.4) is 0 Å². The van der Waals surface area contributed by atoms with Gasteiger partial charge >= 0.3 is 40.0 Å². The van der Waals surface area contributed by atoms with Crippen LogP contribution >= 0.6 is 0 Å². The van der Waals surface area contributed by atoms with Gasteiger partial charge in [-0.3, -0.25) is 4.55 Å². The van der Waals surface area contributed by atoms with Crippen molar-refractivity contribution >= 4 is 40.0 Å². The van der Waals surface area contributed by atoms with Crippen LogP contribution in [0.4, 0.5) is 0 Å². The average Bonchev–Trinajstić information content (AvgIpc) is 1.95. The third-order valence-corrected chi connectivity index (χ3v) is 1.55. The summed E-state index contributed by atoms with van der Waals surface area (Å²) in [6.45, 7) is 3.00. The Morgan fingerprint density at radius 1 is 1.54 bits per heavy atom. The molecule has 0 saturated heterocycles. The van der Waals surface area contributed by atoms with Crippen molar-refractivity contribution in [3.8, 4) is 0 Å². The van der Waals surface area contributed by atoms with E-state index >= 15 is 0 Å². The average molecular weight is 220 g/mol. The first kappa shape index (κ1) is 16.0. The Labute approximate surface area is 100 Å². The molecular formula is C6H13NaO5S. The van der Waals surface area contributed by atoms with Gasteiger partial charge in [-0.1, -0.05) is 6.08 Å². The molecule has 0 aliphatic heterocycles. The molecule has 5 nitrogen and oxygen atoms in total. The number of aliphatic hydroxyl groups excluding tert-OH is 1. The van der Waals surface area contributed by atoms with Crippen molar-refractivity contribution in [2.24, 2.45) is 0 Å². The Morgan fingerprint density at radius 3 is 2.46 bits per heavy atom. The maximum atomic E-state index is 10.0. The van der Waals surface area contributed by atoms with Gasteiger partial charge in [0.05, 0.1) is 12.7 Å². The van der Waals surface area contributed by atoms with Gasteiger partial charge < -0.3 is 5.11 Å². The van der Waals surface area contributed by atoms with Crippen molar-refractivity contribution in [3.05, 3.63) is 12.7 Å². The summed E-state index contributed by atoms with van der Waals surface area (Å²) in [6, 6.07) is 0. The summed E-state index contributed by atoms with van der Waals surface area (Å²) in [5, 5.41) is 9.00. The molecule has 0 rings (SSSR count). The minimum atomic E-state index is -4.43. The van der Waals surface area contributed by atoms with Crippen LogP contribution in [-0.4, -0.2) is 60.3 Å². The topological polar surface area (TPSA) is 83.8 Å². The third kappa shape index (κ3) is 12.6. The van der Waals surface area contributed by atoms with Gasteiger partial charge in [0.2, 0.25) is 0 Å². The predicted octanol–water partition coefficient (Wildman–Crippen LogP) is -0.516. The predicted molar refractivity (Wildman–Crippen MR) is 50.1 cm³/mol. The quantitative estimate of drug-likeness (QED) is 0.357. The minimum absolute atomic E-state index is 0. The standard InChI is InChI=1S/C6H12O5S.Na.H/c1-2-3-4-6(7)5-11-12(8,9)10;;/h2,6-7H,1,3-5H2,(H,8,9,10);;. The van der Waals surface area contributed by atoms with E-state index in [4.69, 9.17) is 9.66 Å². The first-order valence-electron chi connectivity index (χ1n) is 3.36. The van der Waals surface area contributed by atoms with E-state index in [1.54, 1.807) is 6.08 Å². The maximum absolute atomic E-state index is 10.0. The van der Waals surface area contributed by atoms with E-state index in [-0.39, 0.29) is 29.6 Å². The number of allylic oxidation sites excluding steroid dienone is 1. The normalized spacial score (nSPS) is 13.1. The molecule has 0 aromatic heterocycles. The molecule has 1 unspecified atom stereocenters. The van der Waals surface area contributed by atoms with E-state index in [0.717, 1.165) is 0 Å². The molecule has 0 aromatic rings. The zero-order valence-electron chi connectivity index (χ0n) is 6.51. The molecule has 74 valence electrons. The summed E-state index contributed by atoms with van der Waals surface area (Å²) in [6.07, 6.45) is 1.62. The fourth-order valence-corrected chi connectivity index (χ4v) is 0.887. The Bertz CT molecular complexity index is 225. The Morgan fingerprint density at radius 2 is 2.08 bits per heavy atom. The van der Waals surface area contributed by atoms with Gasteiger partial charge in [0.1, 0.15) is 0 Å². The Balaban J connectivity index is 0. The van der Waals surface area contributed by atoms with Crippen LogP contribution in [0.25, 0.3) is 0 Å². The van der Waals surface area contributed by atoms with Crippen LogP contribution in [0.2, 0.25) is 0 Å². The van der Waals surface area contributed by atoms with Gasteiger partial charge in [-0.2, -0.15) is 8.42 Å². The zero-order chi connectivity index (χ0) is 9.61. The van der Waals surface area contributed by atoms with E-state index in [9.17, 15) is 8.42 Å². The Hall–Kier alpha value is 0.570. The molecule has 1 atom stereocenters. The molecule has 0 aliphatic rings. The monoisotopic (exact) mass is 220 g/mol. The van der Waals surface area contributed by atoms with Crippen LogP contribution in [0.15, 0.2) is 12.7 Å². The molecule has 0 amide bonds. The molecule has 0 bridgehead atoms.